The lowest BCUT2D eigenvalue weighted by Crippen LogP contribution is -2.32. The smallest absolute Gasteiger partial charge is 0.260 e. The quantitative estimate of drug-likeness (QED) is 0.536. The Bertz CT molecular complexity index is 1250. The number of nitrogens with zero attached hydrogens (tertiary/aromatic N) is 5. The number of nitrogens with one attached hydrogen (secondary N) is 1. The summed E-state index contributed by atoms with van der Waals surface area (Å²) in [5, 5.41) is 22.5. The maximum atomic E-state index is 9.22. The van der Waals surface area contributed by atoms with Crippen molar-refractivity contribution in [1.29, 1.82) is 5.41 Å². The van der Waals surface area contributed by atoms with Gasteiger partial charge in [0.1, 0.15) is 19.0 Å². The van der Waals surface area contributed by atoms with Crippen LogP contribution in [0.15, 0.2) is 47.7 Å². The van der Waals surface area contributed by atoms with Gasteiger partial charge >= 0.3 is 0 Å². The van der Waals surface area contributed by atoms with Crippen LogP contribution in [0, 0.1) is 5.41 Å². The predicted molar refractivity (Wildman–Crippen MR) is 131 cm³/mol. The summed E-state index contributed by atoms with van der Waals surface area (Å²) in [7, 11) is 1.96. The first-order chi connectivity index (χ1) is 16.7. The van der Waals surface area contributed by atoms with Crippen LogP contribution in [0.1, 0.15) is 30.5 Å². The molecule has 0 amide bonds. The van der Waals surface area contributed by atoms with E-state index in [0.29, 0.717) is 35.4 Å². The molecule has 3 aromatic heterocycles. The van der Waals surface area contributed by atoms with Crippen molar-refractivity contribution in [3.63, 3.8) is 0 Å². The Morgan fingerprint density at radius 3 is 2.76 bits per heavy atom. The topological polar surface area (TPSA) is 100 Å². The molecule has 0 bridgehead atoms. The van der Waals surface area contributed by atoms with Crippen molar-refractivity contribution < 1.29 is 14.6 Å². The number of likely N-dealkylation sites (tertiary alicyclic amines) is 1. The number of hydrogen-bond acceptors (Lipinski definition) is 7. The average Bonchev–Trinajstić information content (AvgIpc) is 3.42. The van der Waals surface area contributed by atoms with Gasteiger partial charge in [0.15, 0.2) is 5.69 Å². The van der Waals surface area contributed by atoms with E-state index in [4.69, 9.17) is 19.9 Å². The maximum absolute atomic E-state index is 9.22. The minimum Gasteiger partial charge on any atom is -0.490 e. The average molecular weight is 463 g/mol. The van der Waals surface area contributed by atoms with Gasteiger partial charge in [0.25, 0.3) is 5.88 Å². The zero-order chi connectivity index (χ0) is 23.5. The highest BCUT2D eigenvalue weighted by molar-refractivity contribution is 6.54. The van der Waals surface area contributed by atoms with Crippen LogP contribution in [-0.2, 0) is 11.8 Å². The second kappa shape index (κ2) is 9.82. The zero-order valence-corrected chi connectivity index (χ0v) is 19.4. The van der Waals surface area contributed by atoms with Gasteiger partial charge in [-0.3, -0.25) is 10.3 Å². The highest BCUT2D eigenvalue weighted by atomic mass is 16.5. The number of aliphatic hydroxyl groups is 1. The lowest BCUT2D eigenvalue weighted by molar-refractivity contribution is 0.169. The first-order valence-electron chi connectivity index (χ1n) is 11.8. The number of fused-ring (bicyclic) bond motifs is 2. The molecular weight excluding hydrogens is 432 g/mol. The summed E-state index contributed by atoms with van der Waals surface area (Å²) in [6, 6.07) is 7.61. The molecule has 0 spiro atoms. The summed E-state index contributed by atoms with van der Waals surface area (Å²) >= 11 is 0. The van der Waals surface area contributed by atoms with Gasteiger partial charge in [-0.25, -0.2) is 9.51 Å². The summed E-state index contributed by atoms with van der Waals surface area (Å²) in [6.07, 6.45) is 9.40. The maximum Gasteiger partial charge on any atom is 0.260 e. The van der Waals surface area contributed by atoms with Crippen LogP contribution < -0.4 is 4.74 Å². The summed E-state index contributed by atoms with van der Waals surface area (Å²) in [5.74, 6) is 1.03. The molecule has 0 unspecified atom stereocenters. The number of pyridine rings is 1. The summed E-state index contributed by atoms with van der Waals surface area (Å²) < 4.78 is 15.6. The molecule has 0 saturated carbocycles. The Morgan fingerprint density at radius 1 is 1.09 bits per heavy atom. The zero-order valence-electron chi connectivity index (χ0n) is 19.4. The number of allylic oxidation sites excluding steroid dienone is 1. The summed E-state index contributed by atoms with van der Waals surface area (Å²) in [4.78, 5) is 7.27. The van der Waals surface area contributed by atoms with Crippen LogP contribution in [-0.4, -0.2) is 75.1 Å². The van der Waals surface area contributed by atoms with Gasteiger partial charge in [-0.2, -0.15) is 0 Å². The molecule has 0 aromatic carbocycles. The molecule has 178 valence electrons. The van der Waals surface area contributed by atoms with Gasteiger partial charge in [0.2, 0.25) is 0 Å². The van der Waals surface area contributed by atoms with E-state index >= 15 is 0 Å². The molecule has 4 heterocycles. The van der Waals surface area contributed by atoms with Gasteiger partial charge in [-0.1, -0.05) is 12.5 Å². The Kier molecular flexibility index (Phi) is 6.46. The van der Waals surface area contributed by atoms with Gasteiger partial charge in [0.05, 0.1) is 29.2 Å². The summed E-state index contributed by atoms with van der Waals surface area (Å²) in [5.41, 5.74) is 3.76. The molecule has 1 saturated heterocycles. The molecule has 5 rings (SSSR count). The predicted octanol–water partition coefficient (Wildman–Crippen LogP) is 3.04. The van der Waals surface area contributed by atoms with E-state index in [2.05, 4.69) is 10.00 Å². The molecule has 2 N–H and O–H groups in total. The Hall–Kier alpha value is -3.43. The third-order valence-corrected chi connectivity index (χ3v) is 6.26. The van der Waals surface area contributed by atoms with Gasteiger partial charge in [-0.15, -0.1) is 5.10 Å². The largest absolute Gasteiger partial charge is 0.490 e. The molecule has 3 aromatic rings. The van der Waals surface area contributed by atoms with E-state index in [1.54, 1.807) is 4.52 Å². The molecule has 1 aliphatic carbocycles. The lowest BCUT2D eigenvalue weighted by Gasteiger charge is -2.27. The number of aromatic nitrogens is 3. The monoisotopic (exact) mass is 462 g/mol. The fraction of sp³-hybridized carbons (Fsp3) is 0.400. The third kappa shape index (κ3) is 4.36. The molecule has 0 radical (unpaired) electrons. The van der Waals surface area contributed by atoms with Crippen LogP contribution in [0.25, 0.3) is 11.3 Å². The normalized spacial score (nSPS) is 17.8. The fourth-order valence-electron chi connectivity index (χ4n) is 4.54. The SMILES string of the molecule is Cn1ccc2c1C(OCCN1CCCCC1)=C/C(=N/c1c(OCCO)nn3ccccc13)C2=N. The van der Waals surface area contributed by atoms with E-state index in [1.165, 1.54) is 19.3 Å². The minimum absolute atomic E-state index is 0.114. The lowest BCUT2D eigenvalue weighted by atomic mass is 9.98. The molecular formula is C25H30N6O3. The van der Waals surface area contributed by atoms with Crippen LogP contribution >= 0.6 is 0 Å². The van der Waals surface area contributed by atoms with Gasteiger partial charge in [0, 0.05) is 37.6 Å². The number of rotatable bonds is 8. The van der Waals surface area contributed by atoms with Gasteiger partial charge < -0.3 is 19.1 Å². The number of piperidine rings is 1. The van der Waals surface area contributed by atoms with Crippen LogP contribution in [0.5, 0.6) is 5.88 Å². The van der Waals surface area contributed by atoms with Crippen molar-refractivity contribution in [2.75, 3.05) is 39.5 Å². The van der Waals surface area contributed by atoms with Crippen LogP contribution in [0.4, 0.5) is 5.69 Å². The molecule has 34 heavy (non-hydrogen) atoms. The van der Waals surface area contributed by atoms with E-state index in [1.807, 2.05) is 54.3 Å². The first kappa shape index (κ1) is 22.4. The van der Waals surface area contributed by atoms with Gasteiger partial charge in [-0.05, 0) is 44.1 Å². The molecule has 1 fully saturated rings. The van der Waals surface area contributed by atoms with Crippen molar-refractivity contribution in [2.24, 2.45) is 12.0 Å². The molecule has 9 heteroatoms. The van der Waals surface area contributed by atoms with Crippen molar-refractivity contribution >= 4 is 28.4 Å². The van der Waals surface area contributed by atoms with Crippen molar-refractivity contribution in [3.8, 4) is 5.88 Å². The highest BCUT2D eigenvalue weighted by Crippen LogP contribution is 2.34. The number of aryl methyl sites for hydroxylation is 1. The number of aliphatic hydroxyl groups excluding tert-OH is 1. The van der Waals surface area contributed by atoms with Crippen molar-refractivity contribution in [1.82, 2.24) is 19.1 Å². The molecule has 2 aliphatic rings. The van der Waals surface area contributed by atoms with E-state index < -0.39 is 0 Å². The second-order valence-electron chi connectivity index (χ2n) is 8.58. The first-order valence-corrected chi connectivity index (χ1v) is 11.8. The molecule has 0 atom stereocenters. The number of aliphatic imine (C=N–C) groups is 1. The number of hydrogen-bond donors (Lipinski definition) is 2. The van der Waals surface area contributed by atoms with E-state index in [-0.39, 0.29) is 13.2 Å². The second-order valence-corrected chi connectivity index (χ2v) is 8.58. The third-order valence-electron chi connectivity index (χ3n) is 6.26. The standard InChI is InChI=1S/C25H30N6O3/c1-29-12-8-18-22(26)19(17-21(24(18)29)33-15-13-30-9-4-2-5-10-30)27-23-20-7-3-6-11-31(20)28-25(23)34-16-14-32/h3,6-8,11-12,17,26,32H,2,4-5,9-10,13-16H2,1H3/b26-22?,27-19-. The Labute approximate surface area is 198 Å². The minimum atomic E-state index is -0.123. The van der Waals surface area contributed by atoms with Crippen molar-refractivity contribution in [3.05, 3.63) is 54.0 Å². The number of ether oxygens (including phenoxy) is 2. The van der Waals surface area contributed by atoms with Crippen LogP contribution in [0.3, 0.4) is 0 Å². The Morgan fingerprint density at radius 2 is 1.94 bits per heavy atom. The van der Waals surface area contributed by atoms with E-state index in [0.717, 1.165) is 36.4 Å². The summed E-state index contributed by atoms with van der Waals surface area (Å²) in [6.45, 7) is 3.71. The van der Waals surface area contributed by atoms with Crippen LogP contribution in [0.2, 0.25) is 0 Å². The Balaban J connectivity index is 1.48. The van der Waals surface area contributed by atoms with Crippen molar-refractivity contribution in [2.45, 2.75) is 19.3 Å². The highest BCUT2D eigenvalue weighted by Gasteiger charge is 2.27. The molecule has 9 nitrogen and oxygen atoms in total. The van der Waals surface area contributed by atoms with E-state index in [9.17, 15) is 5.11 Å². The molecule has 1 aliphatic heterocycles. The fourth-order valence-corrected chi connectivity index (χ4v) is 4.54.